The largest absolute Gasteiger partial charge is 0.426 e. The highest BCUT2D eigenvalue weighted by atomic mass is 32.2. The van der Waals surface area contributed by atoms with E-state index in [9.17, 15) is 9.59 Å². The van der Waals surface area contributed by atoms with Gasteiger partial charge in [-0.3, -0.25) is 9.59 Å². The van der Waals surface area contributed by atoms with Gasteiger partial charge in [0.15, 0.2) is 19.6 Å². The third-order valence-electron chi connectivity index (χ3n) is 20.9. The monoisotopic (exact) mass is 1200 g/mol. The van der Waals surface area contributed by atoms with Gasteiger partial charge in [0.25, 0.3) is 0 Å². The first kappa shape index (κ1) is 63.2. The van der Waals surface area contributed by atoms with Crippen molar-refractivity contribution in [2.45, 2.75) is 235 Å². The second-order valence-electron chi connectivity index (χ2n) is 28.5. The van der Waals surface area contributed by atoms with Crippen LogP contribution < -0.4 is 9.47 Å². The van der Waals surface area contributed by atoms with Gasteiger partial charge >= 0.3 is 11.9 Å². The quantitative estimate of drug-likeness (QED) is 0.100. The number of ether oxygens (including phenoxy) is 2. The molecule has 4 nitrogen and oxygen atoms in total. The third kappa shape index (κ3) is 15.6. The Kier molecular flexibility index (Phi) is 21.8. The first-order chi connectivity index (χ1) is 40.1. The number of hydrogen-bond donors (Lipinski definition) is 0. The average Bonchev–Trinajstić information content (AvgIpc) is 2.28. The normalized spacial score (nSPS) is 29.2. The second kappa shape index (κ2) is 28.6. The Labute approximate surface area is 516 Å². The fraction of sp³-hybridized carbons (Fsp3) is 0.653. The Morgan fingerprint density at radius 1 is 0.386 bits per heavy atom. The average molecular weight is 1200 g/mol. The summed E-state index contributed by atoms with van der Waals surface area (Å²) in [6.45, 7) is 19.4. The van der Waals surface area contributed by atoms with E-state index in [2.05, 4.69) is 127 Å². The van der Waals surface area contributed by atoms with Crippen molar-refractivity contribution in [3.63, 3.8) is 0 Å². The maximum absolute atomic E-state index is 13.3. The number of esters is 2. The molecule has 4 heterocycles. The van der Waals surface area contributed by atoms with Crippen LogP contribution in [-0.2, 0) is 58.6 Å². The number of carbonyl (C=O) groups excluding carboxylic acids is 2. The van der Waals surface area contributed by atoms with Crippen LogP contribution in [0.1, 0.15) is 210 Å². The Balaban J connectivity index is 0.000000128. The first-order valence-electron chi connectivity index (χ1n) is 33.6. The summed E-state index contributed by atoms with van der Waals surface area (Å²) in [5.74, 6) is 17.6. The van der Waals surface area contributed by atoms with Crippen LogP contribution >= 0.6 is 0 Å². The Bertz CT molecular complexity index is 2640. The molecule has 4 aromatic rings. The van der Waals surface area contributed by atoms with Gasteiger partial charge in [0, 0.05) is 43.6 Å². The number of aryl methyl sites for hydroxylation is 4. The van der Waals surface area contributed by atoms with Crippen LogP contribution in [0.25, 0.3) is 0 Å². The molecule has 8 heteroatoms. The summed E-state index contributed by atoms with van der Waals surface area (Å²) in [6, 6.07) is 29.6. The van der Waals surface area contributed by atoms with Gasteiger partial charge in [0.1, 0.15) is 57.5 Å². The molecule has 0 N–H and O–H groups in total. The molecule has 0 amide bonds. The highest BCUT2D eigenvalue weighted by Gasteiger charge is 2.57. The third-order valence-corrected chi connectivity index (χ3v) is 30.8. The zero-order valence-electron chi connectivity index (χ0n) is 53.2. The Morgan fingerprint density at radius 2 is 0.651 bits per heavy atom. The van der Waals surface area contributed by atoms with Crippen LogP contribution in [0.15, 0.2) is 98.4 Å². The lowest BCUT2D eigenvalue weighted by Gasteiger charge is -2.55. The summed E-state index contributed by atoms with van der Waals surface area (Å²) in [4.78, 5) is 32.8. The molecule has 0 spiro atoms. The van der Waals surface area contributed by atoms with Crippen molar-refractivity contribution >= 4 is 55.5 Å². The van der Waals surface area contributed by atoms with E-state index in [4.69, 9.17) is 9.47 Å². The van der Waals surface area contributed by atoms with E-state index in [1.54, 1.807) is 9.79 Å². The molecule has 16 rings (SSSR count). The topological polar surface area (TPSA) is 52.6 Å². The smallest absolute Gasteiger partial charge is 0.317 e. The fourth-order valence-corrected chi connectivity index (χ4v) is 27.0. The Morgan fingerprint density at radius 3 is 0.940 bits per heavy atom. The van der Waals surface area contributed by atoms with Gasteiger partial charge < -0.3 is 9.47 Å². The van der Waals surface area contributed by atoms with Crippen molar-refractivity contribution in [1.82, 2.24) is 0 Å². The van der Waals surface area contributed by atoms with Crippen molar-refractivity contribution < 1.29 is 19.1 Å². The molecule has 0 atom stereocenters. The van der Waals surface area contributed by atoms with Gasteiger partial charge in [-0.1, -0.05) is 65.0 Å². The molecule has 0 unspecified atom stereocenters. The molecule has 12 aliphatic rings. The van der Waals surface area contributed by atoms with Crippen LogP contribution in [0.4, 0.5) is 0 Å². The fourth-order valence-electron chi connectivity index (χ4n) is 17.5. The first-order valence-corrected chi connectivity index (χ1v) is 39.9. The van der Waals surface area contributed by atoms with Crippen molar-refractivity contribution in [3.8, 4) is 11.5 Å². The summed E-state index contributed by atoms with van der Waals surface area (Å²) in [7, 11) is 1.97. The van der Waals surface area contributed by atoms with E-state index < -0.39 is 0 Å². The van der Waals surface area contributed by atoms with Gasteiger partial charge in [-0.25, -0.2) is 0 Å². The molecule has 4 aromatic carbocycles. The van der Waals surface area contributed by atoms with Crippen molar-refractivity contribution in [1.29, 1.82) is 0 Å². The van der Waals surface area contributed by atoms with Crippen LogP contribution in [0, 0.1) is 74.0 Å². The number of hydrogen-bond acceptors (Lipinski definition) is 4. The molecular weight excluding hydrogens is 1090 g/mol. The SMILES string of the molecule is CC.CC(C)(C)c1ccc([S+]2CCCCC2)cc1.Cc1cc([S+]2CCCC2)cc(C)c1OC(=O)C12CC3CC(CC(C3)C1)C2.Cc1cc([S+]2CCCCC2)cc(C)c1OC(=O)C12CC3CC(CC(C3)C1)C2.c1ccc([S+]2CCCCC2)cc1. The molecule has 0 radical (unpaired) electrons. The van der Waals surface area contributed by atoms with Gasteiger partial charge in [0.05, 0.1) is 10.8 Å². The summed E-state index contributed by atoms with van der Waals surface area (Å²) >= 11 is 0. The molecule has 8 bridgehead atoms. The second-order valence-corrected chi connectivity index (χ2v) is 37.6. The van der Waals surface area contributed by atoms with Crippen molar-refractivity contribution in [2.24, 2.45) is 46.3 Å². The maximum atomic E-state index is 13.3. The molecule has 8 aliphatic carbocycles. The molecule has 4 aliphatic heterocycles. The molecule has 0 aromatic heterocycles. The van der Waals surface area contributed by atoms with Crippen molar-refractivity contribution in [2.75, 3.05) is 46.0 Å². The van der Waals surface area contributed by atoms with E-state index in [-0.39, 0.29) is 28.2 Å². The lowest BCUT2D eigenvalue weighted by atomic mass is 9.49. The van der Waals surface area contributed by atoms with Crippen LogP contribution in [0.5, 0.6) is 11.5 Å². The highest BCUT2D eigenvalue weighted by molar-refractivity contribution is 7.97. The predicted molar refractivity (Wildman–Crippen MR) is 359 cm³/mol. The molecule has 83 heavy (non-hydrogen) atoms. The van der Waals surface area contributed by atoms with Gasteiger partial charge in [-0.05, 0) is 293 Å². The molecular formula is C75H108O4S4+4. The predicted octanol–water partition coefficient (Wildman–Crippen LogP) is 18.8. The van der Waals surface area contributed by atoms with Crippen LogP contribution in [0.3, 0.4) is 0 Å². The minimum atomic E-state index is -0.169. The lowest BCUT2D eigenvalue weighted by Crippen LogP contribution is -2.51. The standard InChI is InChI=1S/C24H33O2S.C23H31O2S.C15H23S.C11H15S.C2H6/c1-16-8-21(27-6-4-3-5-7-27)9-17(2)22(16)26-23(25)24-13-18-10-19(14-24)12-20(11-18)15-24;1-15-7-20(26-5-3-4-6-26)8-16(2)21(15)25-22(24)23-12-17-9-18(13-23)11-19(10-17)14-23;1-15(2,3)13-7-9-14(10-8-13)16-11-5-4-6-12-16;1-3-7-11(8-4-1)12-9-5-2-6-10-12;1-2/h8-9,18-20H,3-7,10-15H2,1-2H3;7-8,17-19H,3-6,9-14H2,1-2H3;7-10H,4-6,11-12H2,1-3H3;1,3-4,7-8H,2,5-6,9-10H2;1-2H3/q4*+1;. The van der Waals surface area contributed by atoms with Gasteiger partial charge in [-0.15, -0.1) is 0 Å². The lowest BCUT2D eigenvalue weighted by molar-refractivity contribution is -0.162. The molecule has 452 valence electrons. The van der Waals surface area contributed by atoms with E-state index in [0.29, 0.717) is 43.6 Å². The summed E-state index contributed by atoms with van der Waals surface area (Å²) in [6.07, 6.45) is 30.2. The zero-order chi connectivity index (χ0) is 58.3. The molecule has 12 fully saturated rings. The van der Waals surface area contributed by atoms with E-state index in [0.717, 1.165) is 108 Å². The Hall–Kier alpha value is -2.78. The molecule has 4 saturated heterocycles. The van der Waals surface area contributed by atoms with Crippen molar-refractivity contribution in [3.05, 3.63) is 107 Å². The van der Waals surface area contributed by atoms with Gasteiger partial charge in [0.2, 0.25) is 0 Å². The zero-order valence-corrected chi connectivity index (χ0v) is 56.4. The maximum Gasteiger partial charge on any atom is 0.317 e. The van der Waals surface area contributed by atoms with E-state index >= 15 is 0 Å². The minimum absolute atomic E-state index is 0.0823. The summed E-state index contributed by atoms with van der Waals surface area (Å²) in [5, 5.41) is 0. The number of carbonyl (C=O) groups is 2. The van der Waals surface area contributed by atoms with E-state index in [1.165, 1.54) is 171 Å². The van der Waals surface area contributed by atoms with Gasteiger partial charge in [-0.2, -0.15) is 0 Å². The molecule has 8 saturated carbocycles. The number of rotatable bonds is 8. The van der Waals surface area contributed by atoms with Crippen LogP contribution in [0.2, 0.25) is 0 Å². The highest BCUT2D eigenvalue weighted by Crippen LogP contribution is 2.62. The summed E-state index contributed by atoms with van der Waals surface area (Å²) < 4.78 is 12.3. The van der Waals surface area contributed by atoms with E-state index in [1.807, 2.05) is 13.8 Å². The number of benzene rings is 4. The minimum Gasteiger partial charge on any atom is -0.426 e. The summed E-state index contributed by atoms with van der Waals surface area (Å²) in [5.41, 5.74) is 6.01. The van der Waals surface area contributed by atoms with Crippen LogP contribution in [-0.4, -0.2) is 58.0 Å².